The summed E-state index contributed by atoms with van der Waals surface area (Å²) in [5, 5.41) is 27.6. The molecule has 0 spiro atoms. The van der Waals surface area contributed by atoms with E-state index in [1.165, 1.54) is 4.90 Å². The Labute approximate surface area is 105 Å². The highest BCUT2D eigenvalue weighted by Crippen LogP contribution is 2.23. The molecule has 3 atom stereocenters. The Morgan fingerprint density at radius 2 is 1.78 bits per heavy atom. The fourth-order valence-electron chi connectivity index (χ4n) is 2.61. The van der Waals surface area contributed by atoms with Crippen LogP contribution >= 0.6 is 0 Å². The number of carboxylic acid groups (broad SMARTS) is 1. The number of urea groups is 1. The van der Waals surface area contributed by atoms with Gasteiger partial charge in [0.05, 0.1) is 31.7 Å². The van der Waals surface area contributed by atoms with Crippen molar-refractivity contribution in [3.63, 3.8) is 0 Å². The first-order valence-corrected chi connectivity index (χ1v) is 6.12. The molecule has 0 aromatic carbocycles. The van der Waals surface area contributed by atoms with Gasteiger partial charge in [-0.1, -0.05) is 0 Å². The van der Waals surface area contributed by atoms with Crippen molar-refractivity contribution in [3.8, 4) is 0 Å². The fraction of sp³-hybridized carbons (Fsp3) is 0.818. The van der Waals surface area contributed by atoms with Gasteiger partial charge in [-0.05, 0) is 12.8 Å². The Morgan fingerprint density at radius 1 is 1.17 bits per heavy atom. The number of rotatable bonds is 2. The number of hydrogen-bond acceptors (Lipinski definition) is 4. The van der Waals surface area contributed by atoms with E-state index in [0.717, 1.165) is 6.42 Å². The van der Waals surface area contributed by atoms with E-state index in [9.17, 15) is 19.8 Å². The number of carboxylic acids is 1. The highest BCUT2D eigenvalue weighted by Gasteiger charge is 2.38. The molecule has 0 saturated carbocycles. The molecule has 0 bridgehead atoms. The van der Waals surface area contributed by atoms with E-state index in [-0.39, 0.29) is 31.6 Å². The maximum Gasteiger partial charge on any atom is 0.320 e. The monoisotopic (exact) mass is 258 g/mol. The van der Waals surface area contributed by atoms with Crippen molar-refractivity contribution in [1.82, 2.24) is 9.80 Å². The van der Waals surface area contributed by atoms with Crippen molar-refractivity contribution in [2.45, 2.75) is 37.5 Å². The number of amides is 2. The third kappa shape index (κ3) is 2.56. The normalized spacial score (nSPS) is 32.0. The SMILES string of the molecule is O=C(O)CC1CCCN1C(=O)N1CC(O)C(O)C1. The van der Waals surface area contributed by atoms with E-state index in [2.05, 4.69) is 0 Å². The molecule has 18 heavy (non-hydrogen) atoms. The zero-order valence-corrected chi connectivity index (χ0v) is 10.0. The van der Waals surface area contributed by atoms with Crippen LogP contribution in [0.25, 0.3) is 0 Å². The summed E-state index contributed by atoms with van der Waals surface area (Å²) in [6.07, 6.45) is -0.381. The van der Waals surface area contributed by atoms with Crippen LogP contribution in [0.2, 0.25) is 0 Å². The second kappa shape index (κ2) is 5.11. The van der Waals surface area contributed by atoms with Crippen LogP contribution < -0.4 is 0 Å². The second-order valence-electron chi connectivity index (χ2n) is 4.91. The molecule has 0 aromatic heterocycles. The van der Waals surface area contributed by atoms with Gasteiger partial charge in [0.2, 0.25) is 0 Å². The molecular formula is C11H18N2O5. The molecule has 7 heteroatoms. The van der Waals surface area contributed by atoms with E-state index < -0.39 is 18.2 Å². The van der Waals surface area contributed by atoms with Crippen LogP contribution in [-0.2, 0) is 4.79 Å². The predicted molar refractivity (Wildman–Crippen MR) is 61.0 cm³/mol. The van der Waals surface area contributed by atoms with Crippen molar-refractivity contribution < 1.29 is 24.9 Å². The standard InChI is InChI=1S/C11H18N2O5/c14-8-5-12(6-9(8)15)11(18)13-3-1-2-7(13)4-10(16)17/h7-9,14-15H,1-6H2,(H,16,17). The van der Waals surface area contributed by atoms with Gasteiger partial charge in [-0.2, -0.15) is 0 Å². The summed E-state index contributed by atoms with van der Waals surface area (Å²) in [5.74, 6) is -0.916. The number of carbonyl (C=O) groups excluding carboxylic acids is 1. The number of nitrogens with zero attached hydrogens (tertiary/aromatic N) is 2. The molecule has 0 aromatic rings. The van der Waals surface area contributed by atoms with E-state index in [1.54, 1.807) is 4.90 Å². The fourth-order valence-corrected chi connectivity index (χ4v) is 2.61. The van der Waals surface area contributed by atoms with Gasteiger partial charge in [0, 0.05) is 12.6 Å². The van der Waals surface area contributed by atoms with E-state index in [0.29, 0.717) is 13.0 Å². The molecule has 2 amide bonds. The Morgan fingerprint density at radius 3 is 2.33 bits per heavy atom. The lowest BCUT2D eigenvalue weighted by molar-refractivity contribution is -0.138. The van der Waals surface area contributed by atoms with Gasteiger partial charge in [0.15, 0.2) is 0 Å². The second-order valence-corrected chi connectivity index (χ2v) is 4.91. The first-order chi connectivity index (χ1) is 8.49. The number of carbonyl (C=O) groups is 2. The first kappa shape index (κ1) is 13.1. The Bertz CT molecular complexity index is 338. The number of aliphatic hydroxyl groups excluding tert-OH is 2. The van der Waals surface area contributed by atoms with Crippen molar-refractivity contribution in [3.05, 3.63) is 0 Å². The van der Waals surface area contributed by atoms with Gasteiger partial charge in [-0.3, -0.25) is 4.79 Å². The summed E-state index contributed by atoms with van der Waals surface area (Å²) >= 11 is 0. The van der Waals surface area contributed by atoms with Crippen LogP contribution in [0.15, 0.2) is 0 Å². The van der Waals surface area contributed by atoms with Crippen LogP contribution in [0.1, 0.15) is 19.3 Å². The van der Waals surface area contributed by atoms with Crippen LogP contribution in [0.5, 0.6) is 0 Å². The number of aliphatic carboxylic acids is 1. The summed E-state index contributed by atoms with van der Waals surface area (Å²) in [7, 11) is 0. The Hall–Kier alpha value is -1.34. The smallest absolute Gasteiger partial charge is 0.320 e. The molecule has 3 unspecified atom stereocenters. The molecule has 102 valence electrons. The van der Waals surface area contributed by atoms with Gasteiger partial charge in [0.1, 0.15) is 0 Å². The minimum atomic E-state index is -0.916. The minimum Gasteiger partial charge on any atom is -0.481 e. The maximum atomic E-state index is 12.2. The van der Waals surface area contributed by atoms with Crippen molar-refractivity contribution in [1.29, 1.82) is 0 Å². The topological polar surface area (TPSA) is 101 Å². The molecule has 0 aliphatic carbocycles. The van der Waals surface area contributed by atoms with Gasteiger partial charge in [-0.25, -0.2) is 4.79 Å². The van der Waals surface area contributed by atoms with Gasteiger partial charge in [0.25, 0.3) is 0 Å². The molecule has 2 fully saturated rings. The zero-order valence-electron chi connectivity index (χ0n) is 10.0. The van der Waals surface area contributed by atoms with E-state index in [4.69, 9.17) is 5.11 Å². The van der Waals surface area contributed by atoms with E-state index >= 15 is 0 Å². The van der Waals surface area contributed by atoms with E-state index in [1.807, 2.05) is 0 Å². The largest absolute Gasteiger partial charge is 0.481 e. The lowest BCUT2D eigenvalue weighted by Crippen LogP contribution is -2.45. The minimum absolute atomic E-state index is 0.0509. The van der Waals surface area contributed by atoms with Crippen LogP contribution in [0.4, 0.5) is 4.79 Å². The number of aliphatic hydroxyl groups is 2. The summed E-state index contributed by atoms with van der Waals surface area (Å²) in [6, 6.07) is -0.556. The lowest BCUT2D eigenvalue weighted by Gasteiger charge is -2.28. The molecule has 2 rings (SSSR count). The average Bonchev–Trinajstić information content (AvgIpc) is 2.85. The van der Waals surface area contributed by atoms with Gasteiger partial charge >= 0.3 is 12.0 Å². The van der Waals surface area contributed by atoms with Crippen molar-refractivity contribution in [2.24, 2.45) is 0 Å². The summed E-state index contributed by atoms with van der Waals surface area (Å²) in [6.45, 7) is 0.756. The molecule has 2 aliphatic heterocycles. The number of hydrogen-bond donors (Lipinski definition) is 3. The van der Waals surface area contributed by atoms with Gasteiger partial charge in [-0.15, -0.1) is 0 Å². The van der Waals surface area contributed by atoms with Crippen LogP contribution in [0.3, 0.4) is 0 Å². The maximum absolute atomic E-state index is 12.2. The summed E-state index contributed by atoms with van der Waals surface area (Å²) in [5.41, 5.74) is 0. The Kier molecular flexibility index (Phi) is 3.72. The molecule has 3 N–H and O–H groups in total. The number of likely N-dealkylation sites (tertiary alicyclic amines) is 2. The third-order valence-electron chi connectivity index (χ3n) is 3.56. The molecular weight excluding hydrogens is 240 g/mol. The van der Waals surface area contributed by atoms with Crippen LogP contribution in [0, 0.1) is 0 Å². The van der Waals surface area contributed by atoms with Crippen molar-refractivity contribution >= 4 is 12.0 Å². The predicted octanol–water partition coefficient (Wildman–Crippen LogP) is -0.917. The van der Waals surface area contributed by atoms with Crippen LogP contribution in [-0.4, -0.2) is 75.0 Å². The highest BCUT2D eigenvalue weighted by molar-refractivity contribution is 5.77. The molecule has 2 aliphatic rings. The quantitative estimate of drug-likeness (QED) is 0.595. The zero-order chi connectivity index (χ0) is 13.3. The molecule has 2 heterocycles. The summed E-state index contributed by atoms with van der Waals surface area (Å²) < 4.78 is 0. The Balaban J connectivity index is 1.98. The highest BCUT2D eigenvalue weighted by atomic mass is 16.4. The average molecular weight is 258 g/mol. The number of β-amino-alcohol motifs (C(OH)–C–C–N with tert-alkyl or cyclic N) is 2. The molecule has 2 saturated heterocycles. The van der Waals surface area contributed by atoms with Gasteiger partial charge < -0.3 is 25.1 Å². The van der Waals surface area contributed by atoms with Crippen molar-refractivity contribution in [2.75, 3.05) is 19.6 Å². The summed E-state index contributed by atoms with van der Waals surface area (Å²) in [4.78, 5) is 25.8. The lowest BCUT2D eigenvalue weighted by atomic mass is 10.1. The third-order valence-corrected chi connectivity index (χ3v) is 3.56. The molecule has 0 radical (unpaired) electrons. The molecule has 7 nitrogen and oxygen atoms in total. The first-order valence-electron chi connectivity index (χ1n) is 6.12.